The van der Waals surface area contributed by atoms with Crippen LogP contribution in [0.4, 0.5) is 4.39 Å². The largest absolute Gasteiger partial charge is 0.311 e. The Hall–Kier alpha value is -0.600. The van der Waals surface area contributed by atoms with Gasteiger partial charge in [-0.3, -0.25) is 0 Å². The molecule has 0 spiro atoms. The summed E-state index contributed by atoms with van der Waals surface area (Å²) in [5, 5.41) is 3.97. The second-order valence-electron chi connectivity index (χ2n) is 4.58. The third-order valence-corrected chi connectivity index (χ3v) is 3.79. The maximum Gasteiger partial charge on any atom is 0.127 e. The van der Waals surface area contributed by atoms with Crippen molar-refractivity contribution in [1.29, 1.82) is 0 Å². The fourth-order valence-electron chi connectivity index (χ4n) is 2.48. The van der Waals surface area contributed by atoms with Crippen LogP contribution in [-0.2, 0) is 6.42 Å². The molecule has 0 radical (unpaired) electrons. The standard InChI is InChI=1S/C13H17ClFN/c1-2-13(6-3-7-16-13)9-10-4-5-11(14)8-12(10)15/h4-5,8,16H,2-3,6-7,9H2,1H3. The molecule has 1 fully saturated rings. The molecule has 1 aromatic carbocycles. The molecule has 0 aromatic heterocycles. The smallest absolute Gasteiger partial charge is 0.127 e. The summed E-state index contributed by atoms with van der Waals surface area (Å²) in [4.78, 5) is 0. The van der Waals surface area contributed by atoms with Gasteiger partial charge in [-0.05, 0) is 49.9 Å². The predicted octanol–water partition coefficient (Wildman–Crippen LogP) is 3.55. The average Bonchev–Trinajstić information content (AvgIpc) is 2.72. The Labute approximate surface area is 101 Å². The van der Waals surface area contributed by atoms with Crippen molar-refractivity contribution in [3.05, 3.63) is 34.6 Å². The van der Waals surface area contributed by atoms with Gasteiger partial charge in [0.1, 0.15) is 5.82 Å². The van der Waals surface area contributed by atoms with Gasteiger partial charge >= 0.3 is 0 Å². The third kappa shape index (κ3) is 2.38. The van der Waals surface area contributed by atoms with E-state index in [-0.39, 0.29) is 11.4 Å². The van der Waals surface area contributed by atoms with E-state index in [2.05, 4.69) is 12.2 Å². The van der Waals surface area contributed by atoms with Crippen LogP contribution in [0.25, 0.3) is 0 Å². The summed E-state index contributed by atoms with van der Waals surface area (Å²) in [6.07, 6.45) is 4.11. The number of halogens is 2. The minimum absolute atomic E-state index is 0.0919. The van der Waals surface area contributed by atoms with Crippen LogP contribution in [0.3, 0.4) is 0 Å². The van der Waals surface area contributed by atoms with Crippen LogP contribution in [0, 0.1) is 5.82 Å². The van der Waals surface area contributed by atoms with Gasteiger partial charge in [0.25, 0.3) is 0 Å². The molecule has 1 atom stereocenters. The van der Waals surface area contributed by atoms with E-state index in [4.69, 9.17) is 11.6 Å². The van der Waals surface area contributed by atoms with Crippen LogP contribution in [0.15, 0.2) is 18.2 Å². The lowest BCUT2D eigenvalue weighted by Gasteiger charge is -2.28. The summed E-state index contributed by atoms with van der Waals surface area (Å²) < 4.78 is 13.7. The van der Waals surface area contributed by atoms with Crippen molar-refractivity contribution >= 4 is 11.6 Å². The third-order valence-electron chi connectivity index (χ3n) is 3.55. The zero-order chi connectivity index (χ0) is 11.6. The molecule has 1 aliphatic rings. The van der Waals surface area contributed by atoms with E-state index in [0.717, 1.165) is 31.4 Å². The van der Waals surface area contributed by atoms with Crippen molar-refractivity contribution in [2.45, 2.75) is 38.1 Å². The number of hydrogen-bond acceptors (Lipinski definition) is 1. The van der Waals surface area contributed by atoms with Crippen LogP contribution >= 0.6 is 11.6 Å². The summed E-state index contributed by atoms with van der Waals surface area (Å²) >= 11 is 5.75. The number of nitrogens with one attached hydrogen (secondary N) is 1. The van der Waals surface area contributed by atoms with Gasteiger partial charge in [-0.1, -0.05) is 24.6 Å². The van der Waals surface area contributed by atoms with Gasteiger partial charge in [0.15, 0.2) is 0 Å². The molecule has 1 saturated heterocycles. The Morgan fingerprint density at radius 1 is 1.50 bits per heavy atom. The van der Waals surface area contributed by atoms with Crippen molar-refractivity contribution in [3.8, 4) is 0 Å². The molecule has 1 unspecified atom stereocenters. The highest BCUT2D eigenvalue weighted by atomic mass is 35.5. The van der Waals surface area contributed by atoms with Crippen LogP contribution in [0.1, 0.15) is 31.7 Å². The van der Waals surface area contributed by atoms with Crippen LogP contribution in [0.2, 0.25) is 5.02 Å². The highest BCUT2D eigenvalue weighted by Gasteiger charge is 2.32. The van der Waals surface area contributed by atoms with Crippen LogP contribution in [-0.4, -0.2) is 12.1 Å². The lowest BCUT2D eigenvalue weighted by Crippen LogP contribution is -2.41. The Balaban J connectivity index is 2.19. The molecule has 1 aliphatic heterocycles. The van der Waals surface area contributed by atoms with Crippen molar-refractivity contribution in [3.63, 3.8) is 0 Å². The summed E-state index contributed by atoms with van der Waals surface area (Å²) in [5.74, 6) is -0.186. The van der Waals surface area contributed by atoms with Gasteiger partial charge in [0, 0.05) is 10.6 Å². The molecular weight excluding hydrogens is 225 g/mol. The van der Waals surface area contributed by atoms with Crippen molar-refractivity contribution in [1.82, 2.24) is 5.32 Å². The molecule has 1 heterocycles. The average molecular weight is 242 g/mol. The minimum Gasteiger partial charge on any atom is -0.311 e. The lowest BCUT2D eigenvalue weighted by molar-refractivity contribution is 0.355. The summed E-state index contributed by atoms with van der Waals surface area (Å²) in [7, 11) is 0. The minimum atomic E-state index is -0.186. The van der Waals surface area contributed by atoms with E-state index in [0.29, 0.717) is 5.02 Å². The van der Waals surface area contributed by atoms with E-state index < -0.39 is 0 Å². The van der Waals surface area contributed by atoms with E-state index >= 15 is 0 Å². The van der Waals surface area contributed by atoms with E-state index in [1.807, 2.05) is 0 Å². The molecule has 88 valence electrons. The molecular formula is C13H17ClFN. The Morgan fingerprint density at radius 3 is 2.88 bits per heavy atom. The predicted molar refractivity (Wildman–Crippen MR) is 65.4 cm³/mol. The molecule has 16 heavy (non-hydrogen) atoms. The topological polar surface area (TPSA) is 12.0 Å². The van der Waals surface area contributed by atoms with Crippen molar-refractivity contribution < 1.29 is 4.39 Å². The highest BCUT2D eigenvalue weighted by Crippen LogP contribution is 2.28. The van der Waals surface area contributed by atoms with E-state index in [1.165, 1.54) is 12.5 Å². The maximum absolute atomic E-state index is 13.7. The van der Waals surface area contributed by atoms with Gasteiger partial charge in [0.2, 0.25) is 0 Å². The number of hydrogen-bond donors (Lipinski definition) is 1. The molecule has 1 nitrogen and oxygen atoms in total. The monoisotopic (exact) mass is 241 g/mol. The quantitative estimate of drug-likeness (QED) is 0.854. The molecule has 0 bridgehead atoms. The van der Waals surface area contributed by atoms with E-state index in [9.17, 15) is 4.39 Å². The number of benzene rings is 1. The summed E-state index contributed by atoms with van der Waals surface area (Å²) in [5.41, 5.74) is 0.856. The first kappa shape index (κ1) is 11.9. The molecule has 2 rings (SSSR count). The number of rotatable bonds is 3. The first-order valence-corrected chi connectivity index (χ1v) is 6.22. The van der Waals surface area contributed by atoms with Gasteiger partial charge in [0.05, 0.1) is 0 Å². The first-order valence-electron chi connectivity index (χ1n) is 5.84. The normalized spacial score (nSPS) is 24.9. The van der Waals surface area contributed by atoms with Gasteiger partial charge in [-0.15, -0.1) is 0 Å². The van der Waals surface area contributed by atoms with Gasteiger partial charge in [-0.25, -0.2) is 4.39 Å². The first-order chi connectivity index (χ1) is 7.65. The Kier molecular flexibility index (Phi) is 3.50. The fourth-order valence-corrected chi connectivity index (χ4v) is 2.63. The Bertz CT molecular complexity index is 372. The van der Waals surface area contributed by atoms with Crippen molar-refractivity contribution in [2.24, 2.45) is 0 Å². The van der Waals surface area contributed by atoms with Crippen molar-refractivity contribution in [2.75, 3.05) is 6.54 Å². The fraction of sp³-hybridized carbons (Fsp3) is 0.538. The van der Waals surface area contributed by atoms with Crippen LogP contribution < -0.4 is 5.32 Å². The SMILES string of the molecule is CCC1(Cc2ccc(Cl)cc2F)CCCN1. The van der Waals surface area contributed by atoms with Gasteiger partial charge in [-0.2, -0.15) is 0 Å². The van der Waals surface area contributed by atoms with E-state index in [1.54, 1.807) is 12.1 Å². The molecule has 0 saturated carbocycles. The molecule has 0 aliphatic carbocycles. The molecule has 1 N–H and O–H groups in total. The summed E-state index contributed by atoms with van der Waals surface area (Å²) in [6.45, 7) is 3.20. The van der Waals surface area contributed by atoms with Crippen LogP contribution in [0.5, 0.6) is 0 Å². The lowest BCUT2D eigenvalue weighted by atomic mass is 9.87. The zero-order valence-electron chi connectivity index (χ0n) is 9.52. The second kappa shape index (κ2) is 4.72. The molecule has 1 aromatic rings. The summed E-state index contributed by atoms with van der Waals surface area (Å²) in [6, 6.07) is 4.96. The zero-order valence-corrected chi connectivity index (χ0v) is 10.3. The second-order valence-corrected chi connectivity index (χ2v) is 5.01. The molecule has 0 amide bonds. The highest BCUT2D eigenvalue weighted by molar-refractivity contribution is 6.30. The Morgan fingerprint density at radius 2 is 2.31 bits per heavy atom. The molecule has 3 heteroatoms. The maximum atomic E-state index is 13.7. The van der Waals surface area contributed by atoms with Gasteiger partial charge < -0.3 is 5.32 Å².